The van der Waals surface area contributed by atoms with E-state index < -0.39 is 35.4 Å². The molecule has 172 valence electrons. The van der Waals surface area contributed by atoms with Crippen LogP contribution in [0.2, 0.25) is 0 Å². The average molecular weight is 433 g/mol. The van der Waals surface area contributed by atoms with Crippen molar-refractivity contribution in [1.29, 1.82) is 0 Å². The van der Waals surface area contributed by atoms with Crippen molar-refractivity contribution in [2.75, 3.05) is 13.7 Å². The maximum atomic E-state index is 13.2. The molecule has 1 aromatic carbocycles. The minimum Gasteiger partial charge on any atom is -0.467 e. The zero-order chi connectivity index (χ0) is 23.6. The van der Waals surface area contributed by atoms with Gasteiger partial charge < -0.3 is 20.1 Å². The molecule has 0 saturated heterocycles. The quantitative estimate of drug-likeness (QED) is 0.414. The van der Waals surface area contributed by atoms with Crippen molar-refractivity contribution < 1.29 is 23.9 Å². The summed E-state index contributed by atoms with van der Waals surface area (Å²) >= 11 is 0. The minimum atomic E-state index is -1.08. The summed E-state index contributed by atoms with van der Waals surface area (Å²) in [7, 11) is 1.24. The maximum absolute atomic E-state index is 13.2. The summed E-state index contributed by atoms with van der Waals surface area (Å²) in [5, 5.41) is 5.80. The second-order valence-electron chi connectivity index (χ2n) is 8.48. The molecule has 2 amide bonds. The highest BCUT2D eigenvalue weighted by atomic mass is 16.6. The Morgan fingerprint density at radius 1 is 1.10 bits per heavy atom. The van der Waals surface area contributed by atoms with Crippen LogP contribution in [-0.4, -0.2) is 43.6 Å². The number of carbonyl (C=O) groups is 3. The molecule has 31 heavy (non-hydrogen) atoms. The van der Waals surface area contributed by atoms with Crippen LogP contribution < -0.4 is 10.6 Å². The Morgan fingerprint density at radius 2 is 1.71 bits per heavy atom. The average Bonchev–Trinajstić information content (AvgIpc) is 2.73. The number of hydrogen-bond acceptors (Lipinski definition) is 5. The minimum absolute atomic E-state index is 0.199. The van der Waals surface area contributed by atoms with E-state index in [0.29, 0.717) is 0 Å². The van der Waals surface area contributed by atoms with Gasteiger partial charge in [0.05, 0.1) is 19.1 Å². The highest BCUT2D eigenvalue weighted by Crippen LogP contribution is 2.23. The molecule has 1 rings (SSSR count). The molecule has 0 heterocycles. The van der Waals surface area contributed by atoms with Gasteiger partial charge in [0.1, 0.15) is 6.04 Å². The van der Waals surface area contributed by atoms with Gasteiger partial charge >= 0.3 is 5.97 Å². The van der Waals surface area contributed by atoms with Crippen molar-refractivity contribution in [2.45, 2.75) is 59.2 Å². The first-order valence-corrected chi connectivity index (χ1v) is 10.5. The molecule has 2 N–H and O–H groups in total. The summed E-state index contributed by atoms with van der Waals surface area (Å²) in [4.78, 5) is 38.5. The Bertz CT molecular complexity index is 742. The van der Waals surface area contributed by atoms with Crippen LogP contribution in [0.1, 0.15) is 52.6 Å². The van der Waals surface area contributed by atoms with Crippen LogP contribution >= 0.6 is 0 Å². The number of esters is 1. The van der Waals surface area contributed by atoms with Gasteiger partial charge in [0, 0.05) is 6.61 Å². The van der Waals surface area contributed by atoms with Crippen LogP contribution in [0.5, 0.6) is 0 Å². The number of ether oxygens (including phenoxy) is 2. The number of rotatable bonds is 11. The predicted octanol–water partition coefficient (Wildman–Crippen LogP) is 3.17. The lowest BCUT2D eigenvalue weighted by Crippen LogP contribution is -2.56. The molecule has 0 fully saturated rings. The van der Waals surface area contributed by atoms with Crippen LogP contribution in [0, 0.1) is 11.3 Å². The van der Waals surface area contributed by atoms with Gasteiger partial charge in [-0.2, -0.15) is 0 Å². The third kappa shape index (κ3) is 7.83. The lowest BCUT2D eigenvalue weighted by atomic mass is 9.85. The second-order valence-corrected chi connectivity index (χ2v) is 8.48. The number of nitrogens with one attached hydrogen (secondary N) is 2. The molecular weight excluding hydrogens is 396 g/mol. The molecule has 0 saturated carbocycles. The largest absolute Gasteiger partial charge is 0.467 e. The van der Waals surface area contributed by atoms with E-state index in [1.54, 1.807) is 13.0 Å². The third-order valence-corrected chi connectivity index (χ3v) is 4.98. The molecule has 0 spiro atoms. The first kappa shape index (κ1) is 26.4. The fourth-order valence-electron chi connectivity index (χ4n) is 3.24. The predicted molar refractivity (Wildman–Crippen MR) is 120 cm³/mol. The summed E-state index contributed by atoms with van der Waals surface area (Å²) < 4.78 is 10.3. The van der Waals surface area contributed by atoms with Gasteiger partial charge in [-0.25, -0.2) is 4.79 Å². The molecule has 0 radical (unpaired) electrons. The lowest BCUT2D eigenvalue weighted by Gasteiger charge is -2.33. The Kier molecular flexibility index (Phi) is 10.4. The molecule has 0 aromatic heterocycles. The standard InChI is InChI=1S/C24H36N2O5/c1-8-13-18(19(31-9-2)23(29)30-7)21(27)26-20(24(4,5)6)22(28)25-16(3)17-14-11-10-12-15-17/h8,10-12,14-16,18-20H,1,9,13H2,2-7H3,(H,25,28)(H,26,27)/t16-,18-,19-,20-/m1/s1. The number of hydrogen-bond donors (Lipinski definition) is 2. The monoisotopic (exact) mass is 432 g/mol. The molecule has 0 bridgehead atoms. The van der Waals surface area contributed by atoms with Crippen molar-refractivity contribution >= 4 is 17.8 Å². The van der Waals surface area contributed by atoms with Crippen LogP contribution in [0.4, 0.5) is 0 Å². The summed E-state index contributed by atoms with van der Waals surface area (Å²) in [6.07, 6.45) is 0.660. The SMILES string of the molecule is C=CC[C@@H](C(=O)N[C@H](C(=O)N[C@H](C)c1ccccc1)C(C)(C)C)[C@@H](OCC)C(=O)OC. The normalized spacial score (nSPS) is 15.2. The highest BCUT2D eigenvalue weighted by Gasteiger charge is 2.39. The van der Waals surface area contributed by atoms with E-state index >= 15 is 0 Å². The molecule has 7 heteroatoms. The van der Waals surface area contributed by atoms with E-state index in [2.05, 4.69) is 17.2 Å². The fourth-order valence-corrected chi connectivity index (χ4v) is 3.24. The molecule has 7 nitrogen and oxygen atoms in total. The van der Waals surface area contributed by atoms with Gasteiger partial charge in [-0.05, 0) is 31.2 Å². The Labute approximate surface area is 185 Å². The van der Waals surface area contributed by atoms with E-state index in [1.165, 1.54) is 7.11 Å². The summed E-state index contributed by atoms with van der Waals surface area (Å²) in [6.45, 7) is 13.1. The molecule has 1 aromatic rings. The number of allylic oxidation sites excluding steroid dienone is 1. The fraction of sp³-hybridized carbons (Fsp3) is 0.542. The Morgan fingerprint density at radius 3 is 2.19 bits per heavy atom. The molecule has 4 atom stereocenters. The maximum Gasteiger partial charge on any atom is 0.335 e. The van der Waals surface area contributed by atoms with E-state index in [9.17, 15) is 14.4 Å². The van der Waals surface area contributed by atoms with Gasteiger partial charge in [-0.3, -0.25) is 9.59 Å². The van der Waals surface area contributed by atoms with Gasteiger partial charge in [-0.1, -0.05) is 57.2 Å². The van der Waals surface area contributed by atoms with Crippen molar-refractivity contribution in [1.82, 2.24) is 10.6 Å². The smallest absolute Gasteiger partial charge is 0.335 e. The number of benzene rings is 1. The highest BCUT2D eigenvalue weighted by molar-refractivity contribution is 5.92. The summed E-state index contributed by atoms with van der Waals surface area (Å²) in [6, 6.07) is 8.52. The van der Waals surface area contributed by atoms with E-state index in [4.69, 9.17) is 9.47 Å². The van der Waals surface area contributed by atoms with E-state index in [1.807, 2.05) is 58.0 Å². The van der Waals surface area contributed by atoms with Crippen LogP contribution in [0.3, 0.4) is 0 Å². The van der Waals surface area contributed by atoms with E-state index in [0.717, 1.165) is 5.56 Å². The Hall–Kier alpha value is -2.67. The zero-order valence-electron chi connectivity index (χ0n) is 19.4. The van der Waals surface area contributed by atoms with Crippen LogP contribution in [0.15, 0.2) is 43.0 Å². The molecule has 0 aliphatic rings. The third-order valence-electron chi connectivity index (χ3n) is 4.98. The lowest BCUT2D eigenvalue weighted by molar-refractivity contribution is -0.161. The van der Waals surface area contributed by atoms with Crippen LogP contribution in [0.25, 0.3) is 0 Å². The van der Waals surface area contributed by atoms with Crippen molar-refractivity contribution in [3.05, 3.63) is 48.6 Å². The first-order valence-electron chi connectivity index (χ1n) is 10.5. The summed E-state index contributed by atoms with van der Waals surface area (Å²) in [5.74, 6) is -2.28. The van der Waals surface area contributed by atoms with Gasteiger partial charge in [0.15, 0.2) is 6.10 Å². The van der Waals surface area contributed by atoms with Gasteiger partial charge in [0.2, 0.25) is 11.8 Å². The topological polar surface area (TPSA) is 93.7 Å². The van der Waals surface area contributed by atoms with Gasteiger partial charge in [-0.15, -0.1) is 6.58 Å². The van der Waals surface area contributed by atoms with Crippen molar-refractivity contribution in [2.24, 2.45) is 11.3 Å². The second kappa shape index (κ2) is 12.2. The van der Waals surface area contributed by atoms with Crippen LogP contribution in [-0.2, 0) is 23.9 Å². The molecular formula is C24H36N2O5. The first-order chi connectivity index (χ1) is 14.6. The summed E-state index contributed by atoms with van der Waals surface area (Å²) in [5.41, 5.74) is 0.391. The van der Waals surface area contributed by atoms with Crippen molar-refractivity contribution in [3.63, 3.8) is 0 Å². The van der Waals surface area contributed by atoms with E-state index in [-0.39, 0.29) is 25.0 Å². The molecule has 0 aliphatic carbocycles. The Balaban J connectivity index is 3.07. The zero-order valence-corrected chi connectivity index (χ0v) is 19.4. The van der Waals surface area contributed by atoms with Crippen molar-refractivity contribution in [3.8, 4) is 0 Å². The number of amides is 2. The number of carbonyl (C=O) groups excluding carboxylic acids is 3. The number of methoxy groups -OCH3 is 1. The molecule has 0 unspecified atom stereocenters. The molecule has 0 aliphatic heterocycles. The van der Waals surface area contributed by atoms with Gasteiger partial charge in [0.25, 0.3) is 0 Å².